The van der Waals surface area contributed by atoms with Gasteiger partial charge in [-0.05, 0) is 37.1 Å². The number of fused-ring (bicyclic) bond motifs is 1. The van der Waals surface area contributed by atoms with Crippen molar-refractivity contribution in [2.24, 2.45) is 0 Å². The van der Waals surface area contributed by atoms with Crippen LogP contribution >= 0.6 is 23.1 Å². The van der Waals surface area contributed by atoms with E-state index in [2.05, 4.69) is 29.2 Å². The fourth-order valence-corrected chi connectivity index (χ4v) is 6.31. The van der Waals surface area contributed by atoms with Gasteiger partial charge in [-0.1, -0.05) is 24.3 Å². The molecule has 1 atom stereocenters. The van der Waals surface area contributed by atoms with Crippen molar-refractivity contribution >= 4 is 39.2 Å². The summed E-state index contributed by atoms with van der Waals surface area (Å²) >= 11 is 3.52. The highest BCUT2D eigenvalue weighted by molar-refractivity contribution is 7.99. The summed E-state index contributed by atoms with van der Waals surface area (Å²) < 4.78 is 6.98. The van der Waals surface area contributed by atoms with E-state index in [0.717, 1.165) is 78.9 Å². The second kappa shape index (κ2) is 9.69. The maximum Gasteiger partial charge on any atom is 0.255 e. The van der Waals surface area contributed by atoms with Crippen LogP contribution in [0.5, 0.6) is 0 Å². The fourth-order valence-electron chi connectivity index (χ4n) is 4.19. The predicted octanol–water partition coefficient (Wildman–Crippen LogP) is 4.53. The Morgan fingerprint density at radius 3 is 2.71 bits per heavy atom. The molecule has 2 aliphatic rings. The van der Waals surface area contributed by atoms with Gasteiger partial charge in [-0.15, -0.1) is 23.1 Å². The van der Waals surface area contributed by atoms with E-state index in [4.69, 9.17) is 9.72 Å². The molecule has 2 saturated heterocycles. The van der Waals surface area contributed by atoms with Crippen LogP contribution in [-0.4, -0.2) is 65.3 Å². The Bertz CT molecular complexity index is 1010. The third-order valence-electron chi connectivity index (χ3n) is 5.92. The lowest BCUT2D eigenvalue weighted by Gasteiger charge is -2.34. The van der Waals surface area contributed by atoms with Gasteiger partial charge in [0.05, 0.1) is 28.4 Å². The van der Waals surface area contributed by atoms with Gasteiger partial charge in [0.15, 0.2) is 0 Å². The molecule has 5 rings (SSSR count). The van der Waals surface area contributed by atoms with Crippen molar-refractivity contribution in [1.29, 1.82) is 0 Å². The van der Waals surface area contributed by atoms with Crippen LogP contribution < -0.4 is 0 Å². The number of hydrogen-bond donors (Lipinski definition) is 0. The minimum atomic E-state index is 0.148. The number of carbonyl (C=O) groups excluding carboxylic acids is 1. The molecular formula is C24H27N3O2S2. The first-order valence-electron chi connectivity index (χ1n) is 11.0. The van der Waals surface area contributed by atoms with E-state index in [1.54, 1.807) is 23.1 Å². The molecule has 1 amide bonds. The van der Waals surface area contributed by atoms with E-state index in [1.165, 1.54) is 4.70 Å². The highest BCUT2D eigenvalue weighted by Gasteiger charge is 2.25. The number of rotatable bonds is 6. The summed E-state index contributed by atoms with van der Waals surface area (Å²) in [7, 11) is 0. The van der Waals surface area contributed by atoms with Gasteiger partial charge < -0.3 is 9.64 Å². The number of hydrogen-bond acceptors (Lipinski definition) is 6. The van der Waals surface area contributed by atoms with Crippen LogP contribution in [0, 0.1) is 0 Å². The number of nitrogens with zero attached hydrogens (tertiary/aromatic N) is 3. The van der Waals surface area contributed by atoms with Gasteiger partial charge in [-0.3, -0.25) is 9.69 Å². The topological polar surface area (TPSA) is 45.7 Å². The van der Waals surface area contributed by atoms with E-state index < -0.39 is 0 Å². The molecule has 162 valence electrons. The van der Waals surface area contributed by atoms with Gasteiger partial charge in [0.2, 0.25) is 0 Å². The Morgan fingerprint density at radius 1 is 1.10 bits per heavy atom. The SMILES string of the molecule is O=C(c1ccccc1SC[C@H]1CCCO1)N1CCN(Cc2nc3ccccc3s2)CC1. The molecule has 2 aliphatic heterocycles. The van der Waals surface area contributed by atoms with Crippen molar-refractivity contribution < 1.29 is 9.53 Å². The fraction of sp³-hybridized carbons (Fsp3) is 0.417. The van der Waals surface area contributed by atoms with Gasteiger partial charge in [0.1, 0.15) is 5.01 Å². The van der Waals surface area contributed by atoms with Gasteiger partial charge in [-0.25, -0.2) is 4.98 Å². The summed E-state index contributed by atoms with van der Waals surface area (Å²) in [4.78, 5) is 23.5. The van der Waals surface area contributed by atoms with Crippen LogP contribution in [0.4, 0.5) is 0 Å². The zero-order valence-corrected chi connectivity index (χ0v) is 19.2. The van der Waals surface area contributed by atoms with Gasteiger partial charge in [0, 0.05) is 43.4 Å². The molecule has 0 spiro atoms. The zero-order chi connectivity index (χ0) is 21.0. The van der Waals surface area contributed by atoms with Crippen LogP contribution in [-0.2, 0) is 11.3 Å². The summed E-state index contributed by atoms with van der Waals surface area (Å²) in [6.45, 7) is 5.00. The highest BCUT2D eigenvalue weighted by atomic mass is 32.2. The number of aromatic nitrogens is 1. The third kappa shape index (κ3) is 4.95. The zero-order valence-electron chi connectivity index (χ0n) is 17.5. The smallest absolute Gasteiger partial charge is 0.255 e. The number of para-hydroxylation sites is 1. The van der Waals surface area contributed by atoms with Gasteiger partial charge >= 0.3 is 0 Å². The number of piperazine rings is 1. The molecule has 0 unspecified atom stereocenters. The van der Waals surface area contributed by atoms with E-state index in [9.17, 15) is 4.79 Å². The average Bonchev–Trinajstić information content (AvgIpc) is 3.47. The minimum absolute atomic E-state index is 0.148. The van der Waals surface area contributed by atoms with Gasteiger partial charge in [0.25, 0.3) is 5.91 Å². The Labute approximate surface area is 191 Å². The maximum absolute atomic E-state index is 13.3. The summed E-state index contributed by atoms with van der Waals surface area (Å²) in [5.41, 5.74) is 1.90. The number of ether oxygens (including phenoxy) is 1. The molecule has 1 aromatic heterocycles. The number of benzene rings is 2. The van der Waals surface area contributed by atoms with Crippen LogP contribution in [0.2, 0.25) is 0 Å². The molecule has 5 nitrogen and oxygen atoms in total. The second-order valence-corrected chi connectivity index (χ2v) is 10.3. The number of thiazole rings is 1. The molecule has 0 aliphatic carbocycles. The molecule has 31 heavy (non-hydrogen) atoms. The van der Waals surface area contributed by atoms with Crippen molar-refractivity contribution in [2.75, 3.05) is 38.5 Å². The first kappa shape index (κ1) is 20.9. The lowest BCUT2D eigenvalue weighted by molar-refractivity contribution is 0.0625. The lowest BCUT2D eigenvalue weighted by atomic mass is 10.2. The van der Waals surface area contributed by atoms with Crippen molar-refractivity contribution in [1.82, 2.24) is 14.8 Å². The quantitative estimate of drug-likeness (QED) is 0.514. The van der Waals surface area contributed by atoms with E-state index in [-0.39, 0.29) is 5.91 Å². The van der Waals surface area contributed by atoms with Crippen LogP contribution in [0.3, 0.4) is 0 Å². The van der Waals surface area contributed by atoms with Crippen LogP contribution in [0.1, 0.15) is 28.2 Å². The maximum atomic E-state index is 13.3. The van der Waals surface area contributed by atoms with Gasteiger partial charge in [-0.2, -0.15) is 0 Å². The van der Waals surface area contributed by atoms with E-state index >= 15 is 0 Å². The summed E-state index contributed by atoms with van der Waals surface area (Å²) in [6.07, 6.45) is 2.59. The molecule has 0 radical (unpaired) electrons. The number of thioether (sulfide) groups is 1. The average molecular weight is 454 g/mol. The van der Waals surface area contributed by atoms with Crippen molar-refractivity contribution in [3.8, 4) is 0 Å². The lowest BCUT2D eigenvalue weighted by Crippen LogP contribution is -2.48. The number of amides is 1. The minimum Gasteiger partial charge on any atom is -0.377 e. The Balaban J connectivity index is 1.18. The molecule has 3 aromatic rings. The normalized spacial score (nSPS) is 19.9. The Morgan fingerprint density at radius 2 is 1.90 bits per heavy atom. The second-order valence-electron chi connectivity index (χ2n) is 8.09. The van der Waals surface area contributed by atoms with Crippen molar-refractivity contribution in [3.05, 3.63) is 59.1 Å². The third-order valence-corrected chi connectivity index (χ3v) is 8.15. The first-order chi connectivity index (χ1) is 15.3. The predicted molar refractivity (Wildman–Crippen MR) is 127 cm³/mol. The Kier molecular flexibility index (Phi) is 6.55. The first-order valence-corrected chi connectivity index (χ1v) is 12.8. The molecule has 0 saturated carbocycles. The summed E-state index contributed by atoms with van der Waals surface area (Å²) in [6, 6.07) is 16.3. The summed E-state index contributed by atoms with van der Waals surface area (Å²) in [5.74, 6) is 1.07. The molecule has 2 aromatic carbocycles. The number of carbonyl (C=O) groups is 1. The van der Waals surface area contributed by atoms with Crippen LogP contribution in [0.25, 0.3) is 10.2 Å². The van der Waals surface area contributed by atoms with E-state index in [1.807, 2.05) is 29.2 Å². The Hall–Kier alpha value is -1.93. The monoisotopic (exact) mass is 453 g/mol. The molecule has 0 bridgehead atoms. The molecule has 7 heteroatoms. The van der Waals surface area contributed by atoms with Crippen molar-refractivity contribution in [2.45, 2.75) is 30.4 Å². The summed E-state index contributed by atoms with van der Waals surface area (Å²) in [5, 5.41) is 1.15. The molecule has 2 fully saturated rings. The van der Waals surface area contributed by atoms with Crippen LogP contribution in [0.15, 0.2) is 53.4 Å². The standard InChI is InChI=1S/C24H27N3O2S2/c28-24(19-7-1-3-9-21(19)30-17-18-6-5-15-29-18)27-13-11-26(12-14-27)16-23-25-20-8-2-4-10-22(20)31-23/h1-4,7-10,18H,5-6,11-17H2/t18-/m1/s1. The van der Waals surface area contributed by atoms with E-state index in [0.29, 0.717) is 6.10 Å². The molecule has 3 heterocycles. The largest absolute Gasteiger partial charge is 0.377 e. The van der Waals surface area contributed by atoms with Crippen molar-refractivity contribution in [3.63, 3.8) is 0 Å². The highest BCUT2D eigenvalue weighted by Crippen LogP contribution is 2.28. The molecular weight excluding hydrogens is 426 g/mol. The molecule has 0 N–H and O–H groups in total.